The van der Waals surface area contributed by atoms with Crippen LogP contribution in [0.5, 0.6) is 11.5 Å². The average molecular weight is 374 g/mol. The van der Waals surface area contributed by atoms with E-state index in [1.807, 2.05) is 6.07 Å². The number of methoxy groups -OCH3 is 2. The molecule has 3 aromatic rings. The summed E-state index contributed by atoms with van der Waals surface area (Å²) in [5.41, 5.74) is 7.28. The van der Waals surface area contributed by atoms with E-state index in [0.29, 0.717) is 0 Å². The first-order chi connectivity index (χ1) is 13.4. The molecule has 3 rings (SSSR count). The van der Waals surface area contributed by atoms with Gasteiger partial charge in [-0.2, -0.15) is 0 Å². The van der Waals surface area contributed by atoms with Crippen LogP contribution in [0.3, 0.4) is 0 Å². The number of rotatable bonds is 6. The van der Waals surface area contributed by atoms with Crippen molar-refractivity contribution < 1.29 is 9.47 Å². The van der Waals surface area contributed by atoms with Crippen molar-refractivity contribution in [1.82, 2.24) is 0 Å². The Morgan fingerprint density at radius 1 is 0.786 bits per heavy atom. The molecule has 0 aromatic heterocycles. The maximum Gasteiger partial charge on any atom is 0.121 e. The third kappa shape index (κ3) is 3.77. The Morgan fingerprint density at radius 3 is 1.75 bits per heavy atom. The predicted octanol–water partition coefficient (Wildman–Crippen LogP) is 5.98. The Hall–Kier alpha value is -2.74. The smallest absolute Gasteiger partial charge is 0.121 e. The molecule has 0 aliphatic carbocycles. The highest BCUT2D eigenvalue weighted by Crippen LogP contribution is 2.39. The van der Waals surface area contributed by atoms with Gasteiger partial charge in [-0.15, -0.1) is 0 Å². The Balaban J connectivity index is 2.17. The first kappa shape index (κ1) is 20.0. The van der Waals surface area contributed by atoms with Gasteiger partial charge >= 0.3 is 0 Å². The molecule has 0 amide bonds. The lowest BCUT2D eigenvalue weighted by atomic mass is 9.71. The number of ether oxygens (including phenoxy) is 2. The maximum atomic E-state index is 5.48. The number of aryl methyl sites for hydroxylation is 3. The summed E-state index contributed by atoms with van der Waals surface area (Å²) in [6, 6.07) is 22.5. The minimum atomic E-state index is -0.180. The highest BCUT2D eigenvalue weighted by atomic mass is 16.5. The van der Waals surface area contributed by atoms with Crippen molar-refractivity contribution >= 4 is 0 Å². The third-order valence-electron chi connectivity index (χ3n) is 5.80. The predicted molar refractivity (Wildman–Crippen MR) is 116 cm³/mol. The summed E-state index contributed by atoms with van der Waals surface area (Å²) in [6.07, 6.45) is 0.908. The summed E-state index contributed by atoms with van der Waals surface area (Å²) in [7, 11) is 3.44. The Bertz CT molecular complexity index is 918. The lowest BCUT2D eigenvalue weighted by Gasteiger charge is -2.33. The van der Waals surface area contributed by atoms with Gasteiger partial charge in [-0.1, -0.05) is 49.4 Å². The Morgan fingerprint density at radius 2 is 1.32 bits per heavy atom. The van der Waals surface area contributed by atoms with Crippen LogP contribution in [0.4, 0.5) is 0 Å². The summed E-state index contributed by atoms with van der Waals surface area (Å²) in [5.74, 6) is 1.84. The van der Waals surface area contributed by atoms with Gasteiger partial charge in [-0.05, 0) is 78.8 Å². The molecular formula is C26H29O2. The zero-order valence-corrected chi connectivity index (χ0v) is 17.7. The van der Waals surface area contributed by atoms with E-state index in [2.05, 4.69) is 82.3 Å². The number of hydrogen-bond acceptors (Lipinski definition) is 2. The van der Waals surface area contributed by atoms with Gasteiger partial charge in [0.15, 0.2) is 0 Å². The highest BCUT2D eigenvalue weighted by Gasteiger charge is 2.31. The van der Waals surface area contributed by atoms with Gasteiger partial charge in [-0.3, -0.25) is 0 Å². The second-order valence-electron chi connectivity index (χ2n) is 7.73. The summed E-state index contributed by atoms with van der Waals surface area (Å²) in [6.45, 7) is 8.69. The zero-order chi connectivity index (χ0) is 20.3. The van der Waals surface area contributed by atoms with Crippen LogP contribution in [-0.4, -0.2) is 14.2 Å². The molecule has 0 bridgehead atoms. The maximum absolute atomic E-state index is 5.48. The Labute approximate surface area is 169 Å². The summed E-state index contributed by atoms with van der Waals surface area (Å²) < 4.78 is 11.0. The largest absolute Gasteiger partial charge is 0.496 e. The molecule has 0 N–H and O–H groups in total. The van der Waals surface area contributed by atoms with E-state index in [1.54, 1.807) is 14.2 Å². The van der Waals surface area contributed by atoms with Gasteiger partial charge in [0.25, 0.3) is 0 Å². The number of hydrogen-bond donors (Lipinski definition) is 0. The molecule has 28 heavy (non-hydrogen) atoms. The van der Waals surface area contributed by atoms with Crippen molar-refractivity contribution in [3.05, 3.63) is 94.0 Å². The molecule has 0 aliphatic rings. The van der Waals surface area contributed by atoms with Crippen LogP contribution >= 0.6 is 0 Å². The van der Waals surface area contributed by atoms with E-state index in [1.165, 1.54) is 22.3 Å². The molecule has 2 nitrogen and oxygen atoms in total. The topological polar surface area (TPSA) is 18.5 Å². The standard InChI is InChI=1S/C26H29O2/c1-18-9-7-8-10-21(18)17-26(4,22-11-13-24(27-5)19(2)15-22)23-12-14-25(28-6)20(3)16-23/h8-16H,17H2,1-6H3. The highest BCUT2D eigenvalue weighted by molar-refractivity contribution is 5.49. The fourth-order valence-electron chi connectivity index (χ4n) is 3.94. The molecule has 0 aliphatic heterocycles. The molecule has 1 radical (unpaired) electrons. The van der Waals surface area contributed by atoms with Crippen LogP contribution in [-0.2, 0) is 11.8 Å². The summed E-state index contributed by atoms with van der Waals surface area (Å²) in [5, 5.41) is 0. The third-order valence-corrected chi connectivity index (χ3v) is 5.80. The van der Waals surface area contributed by atoms with Crippen LogP contribution in [0.1, 0.15) is 40.3 Å². The van der Waals surface area contributed by atoms with Gasteiger partial charge in [0.1, 0.15) is 11.5 Å². The second kappa shape index (κ2) is 8.10. The van der Waals surface area contributed by atoms with E-state index in [0.717, 1.165) is 29.0 Å². The quantitative estimate of drug-likeness (QED) is 0.529. The summed E-state index contributed by atoms with van der Waals surface area (Å²) in [4.78, 5) is 0. The van der Waals surface area contributed by atoms with E-state index in [-0.39, 0.29) is 5.41 Å². The van der Waals surface area contributed by atoms with E-state index in [9.17, 15) is 0 Å². The fourth-order valence-corrected chi connectivity index (χ4v) is 3.94. The first-order valence-electron chi connectivity index (χ1n) is 9.65. The molecule has 0 saturated carbocycles. The second-order valence-corrected chi connectivity index (χ2v) is 7.73. The van der Waals surface area contributed by atoms with Crippen molar-refractivity contribution in [2.24, 2.45) is 0 Å². The van der Waals surface area contributed by atoms with Gasteiger partial charge < -0.3 is 9.47 Å². The van der Waals surface area contributed by atoms with Gasteiger partial charge in [-0.25, -0.2) is 0 Å². The lowest BCUT2D eigenvalue weighted by molar-refractivity contribution is 0.410. The molecule has 3 aromatic carbocycles. The Kier molecular flexibility index (Phi) is 5.79. The minimum Gasteiger partial charge on any atom is -0.496 e. The molecule has 2 heteroatoms. The molecule has 0 heterocycles. The number of benzene rings is 3. The molecule has 0 spiro atoms. The van der Waals surface area contributed by atoms with Crippen molar-refractivity contribution in [3.63, 3.8) is 0 Å². The minimum absolute atomic E-state index is 0.180. The average Bonchev–Trinajstić information content (AvgIpc) is 2.69. The molecule has 0 atom stereocenters. The fraction of sp³-hybridized carbons (Fsp3) is 0.308. The van der Waals surface area contributed by atoms with Crippen molar-refractivity contribution in [2.45, 2.75) is 39.5 Å². The first-order valence-corrected chi connectivity index (χ1v) is 9.65. The van der Waals surface area contributed by atoms with E-state index < -0.39 is 0 Å². The van der Waals surface area contributed by atoms with Crippen LogP contribution in [0.25, 0.3) is 0 Å². The molecular weight excluding hydrogens is 344 g/mol. The van der Waals surface area contributed by atoms with Crippen LogP contribution in [0.15, 0.2) is 54.6 Å². The zero-order valence-electron chi connectivity index (χ0n) is 17.7. The van der Waals surface area contributed by atoms with Crippen molar-refractivity contribution in [3.8, 4) is 11.5 Å². The molecule has 0 fully saturated rings. The summed E-state index contributed by atoms with van der Waals surface area (Å²) >= 11 is 0. The lowest BCUT2D eigenvalue weighted by Crippen LogP contribution is -2.27. The van der Waals surface area contributed by atoms with Crippen LogP contribution < -0.4 is 9.47 Å². The van der Waals surface area contributed by atoms with E-state index >= 15 is 0 Å². The monoisotopic (exact) mass is 373 g/mol. The normalized spacial score (nSPS) is 11.4. The van der Waals surface area contributed by atoms with Gasteiger partial charge in [0.2, 0.25) is 0 Å². The van der Waals surface area contributed by atoms with Crippen LogP contribution in [0.2, 0.25) is 0 Å². The molecule has 145 valence electrons. The molecule has 0 saturated heterocycles. The van der Waals surface area contributed by atoms with Crippen molar-refractivity contribution in [1.29, 1.82) is 0 Å². The van der Waals surface area contributed by atoms with Gasteiger partial charge in [0, 0.05) is 5.41 Å². The van der Waals surface area contributed by atoms with Crippen molar-refractivity contribution in [2.75, 3.05) is 14.2 Å². The van der Waals surface area contributed by atoms with Crippen LogP contribution in [0, 0.1) is 26.8 Å². The van der Waals surface area contributed by atoms with Gasteiger partial charge in [0.05, 0.1) is 14.2 Å². The molecule has 0 unspecified atom stereocenters. The van der Waals surface area contributed by atoms with E-state index in [4.69, 9.17) is 9.47 Å². The SMILES string of the molecule is COc1ccc(C(C)(Cc2cc[c]cc2C)c2ccc(OC)c(C)c2)cc1C.